The molecular weight excluding hydrogens is 317 g/mol. The van der Waals surface area contributed by atoms with Crippen LogP contribution < -0.4 is 5.56 Å². The first-order valence-corrected chi connectivity index (χ1v) is 7.19. The van der Waals surface area contributed by atoms with Crippen molar-refractivity contribution in [1.82, 2.24) is 9.47 Å². The summed E-state index contributed by atoms with van der Waals surface area (Å²) in [5.41, 5.74) is -1.60. The standard InChI is InChI=1S/C14H13F3N2O2S/c1-18(8-11-3-2-6-22-11)13(21)9-19-7-10(14(15,16)17)4-5-12(19)20/h2-7H,8-9H2,1H3. The van der Waals surface area contributed by atoms with Crippen molar-refractivity contribution in [2.45, 2.75) is 19.3 Å². The second-order valence-electron chi connectivity index (χ2n) is 4.71. The second-order valence-corrected chi connectivity index (χ2v) is 5.74. The first-order valence-electron chi connectivity index (χ1n) is 6.31. The summed E-state index contributed by atoms with van der Waals surface area (Å²) in [6, 6.07) is 5.22. The second kappa shape index (κ2) is 6.35. The van der Waals surface area contributed by atoms with Crippen LogP contribution in [0.5, 0.6) is 0 Å². The van der Waals surface area contributed by atoms with Gasteiger partial charge in [-0.2, -0.15) is 13.2 Å². The fourth-order valence-electron chi connectivity index (χ4n) is 1.81. The Morgan fingerprint density at radius 3 is 2.64 bits per heavy atom. The molecule has 0 aliphatic rings. The molecule has 2 aromatic rings. The van der Waals surface area contributed by atoms with Gasteiger partial charge in [0, 0.05) is 24.2 Å². The third-order valence-corrected chi connectivity index (χ3v) is 3.88. The number of thiophene rings is 1. The molecule has 0 atom stereocenters. The smallest absolute Gasteiger partial charge is 0.339 e. The average molecular weight is 330 g/mol. The Bertz CT molecular complexity index is 708. The van der Waals surface area contributed by atoms with Gasteiger partial charge < -0.3 is 9.47 Å². The fourth-order valence-corrected chi connectivity index (χ4v) is 2.57. The maximum Gasteiger partial charge on any atom is 0.417 e. The number of carbonyl (C=O) groups is 1. The van der Waals surface area contributed by atoms with Gasteiger partial charge in [0.05, 0.1) is 12.1 Å². The Morgan fingerprint density at radius 1 is 1.32 bits per heavy atom. The molecule has 8 heteroatoms. The number of pyridine rings is 1. The minimum atomic E-state index is -4.55. The van der Waals surface area contributed by atoms with Crippen molar-refractivity contribution >= 4 is 17.2 Å². The van der Waals surface area contributed by atoms with E-state index in [2.05, 4.69) is 0 Å². The molecule has 0 fully saturated rings. The molecule has 118 valence electrons. The normalized spacial score (nSPS) is 11.5. The number of carbonyl (C=O) groups excluding carboxylic acids is 1. The van der Waals surface area contributed by atoms with E-state index in [9.17, 15) is 22.8 Å². The third-order valence-electron chi connectivity index (χ3n) is 3.02. The third kappa shape index (κ3) is 3.97. The van der Waals surface area contributed by atoms with Gasteiger partial charge in [-0.1, -0.05) is 6.07 Å². The summed E-state index contributed by atoms with van der Waals surface area (Å²) in [4.78, 5) is 26.0. The van der Waals surface area contributed by atoms with Gasteiger partial charge in [-0.3, -0.25) is 9.59 Å². The minimum Gasteiger partial charge on any atom is -0.339 e. The molecule has 1 amide bonds. The molecule has 0 radical (unpaired) electrons. The number of rotatable bonds is 4. The highest BCUT2D eigenvalue weighted by Crippen LogP contribution is 2.28. The highest BCUT2D eigenvalue weighted by molar-refractivity contribution is 7.09. The van der Waals surface area contributed by atoms with Crippen LogP contribution in [0.4, 0.5) is 13.2 Å². The zero-order chi connectivity index (χ0) is 16.3. The van der Waals surface area contributed by atoms with E-state index in [1.165, 1.54) is 16.2 Å². The Labute approximate surface area is 128 Å². The van der Waals surface area contributed by atoms with Crippen molar-refractivity contribution in [1.29, 1.82) is 0 Å². The average Bonchev–Trinajstić information content (AvgIpc) is 2.92. The lowest BCUT2D eigenvalue weighted by Crippen LogP contribution is -2.33. The van der Waals surface area contributed by atoms with E-state index >= 15 is 0 Å². The number of hydrogen-bond donors (Lipinski definition) is 0. The molecule has 2 rings (SSSR count). The first-order chi connectivity index (χ1) is 10.3. The van der Waals surface area contributed by atoms with E-state index in [-0.39, 0.29) is 0 Å². The van der Waals surface area contributed by atoms with E-state index < -0.39 is 29.8 Å². The van der Waals surface area contributed by atoms with Gasteiger partial charge in [0.1, 0.15) is 6.54 Å². The molecule has 0 aliphatic carbocycles. The number of likely N-dealkylation sites (N-methyl/N-ethyl adjacent to an activating group) is 1. The Balaban J connectivity index is 2.12. The Morgan fingerprint density at radius 2 is 2.05 bits per heavy atom. The van der Waals surface area contributed by atoms with Crippen LogP contribution in [-0.2, 0) is 24.1 Å². The molecule has 0 spiro atoms. The Kier molecular flexibility index (Phi) is 4.70. The molecule has 0 N–H and O–H groups in total. The summed E-state index contributed by atoms with van der Waals surface area (Å²) in [7, 11) is 1.54. The number of halogens is 3. The molecular formula is C14H13F3N2O2S. The van der Waals surface area contributed by atoms with E-state index in [1.807, 2.05) is 17.5 Å². The molecule has 0 saturated heterocycles. The van der Waals surface area contributed by atoms with Crippen molar-refractivity contribution in [3.63, 3.8) is 0 Å². The molecule has 22 heavy (non-hydrogen) atoms. The number of hydrogen-bond acceptors (Lipinski definition) is 3. The minimum absolute atomic E-state index is 0.351. The Hall–Kier alpha value is -2.09. The van der Waals surface area contributed by atoms with Crippen LogP contribution in [0.25, 0.3) is 0 Å². The molecule has 2 aromatic heterocycles. The fraction of sp³-hybridized carbons (Fsp3) is 0.286. The van der Waals surface area contributed by atoms with E-state index in [0.717, 1.165) is 15.5 Å². The van der Waals surface area contributed by atoms with Crippen molar-refractivity contribution in [2.24, 2.45) is 0 Å². The van der Waals surface area contributed by atoms with Gasteiger partial charge in [-0.15, -0.1) is 11.3 Å². The number of aromatic nitrogens is 1. The highest BCUT2D eigenvalue weighted by atomic mass is 32.1. The predicted octanol–water partition coefficient (Wildman–Crippen LogP) is 2.59. The van der Waals surface area contributed by atoms with Crippen molar-refractivity contribution < 1.29 is 18.0 Å². The van der Waals surface area contributed by atoms with Crippen molar-refractivity contribution in [3.8, 4) is 0 Å². The molecule has 2 heterocycles. The summed E-state index contributed by atoms with van der Waals surface area (Å²) in [6.07, 6.45) is -3.89. The van der Waals surface area contributed by atoms with Crippen LogP contribution in [0.3, 0.4) is 0 Å². The number of alkyl halides is 3. The van der Waals surface area contributed by atoms with Crippen molar-refractivity contribution in [3.05, 3.63) is 56.6 Å². The monoisotopic (exact) mass is 330 g/mol. The SMILES string of the molecule is CN(Cc1cccs1)C(=O)Cn1cc(C(F)(F)F)ccc1=O. The van der Waals surface area contributed by atoms with Gasteiger partial charge in [-0.25, -0.2) is 0 Å². The largest absolute Gasteiger partial charge is 0.417 e. The van der Waals surface area contributed by atoms with Crippen LogP contribution in [0.2, 0.25) is 0 Å². The zero-order valence-corrected chi connectivity index (χ0v) is 12.4. The van der Waals surface area contributed by atoms with Gasteiger partial charge in [-0.05, 0) is 17.5 Å². The lowest BCUT2D eigenvalue weighted by Gasteiger charge is -2.17. The van der Waals surface area contributed by atoms with Crippen molar-refractivity contribution in [2.75, 3.05) is 7.05 Å². The molecule has 0 bridgehead atoms. The molecule has 4 nitrogen and oxygen atoms in total. The van der Waals surface area contributed by atoms with E-state index in [4.69, 9.17) is 0 Å². The van der Waals surface area contributed by atoms with Crippen LogP contribution >= 0.6 is 11.3 Å². The molecule has 0 aromatic carbocycles. The summed E-state index contributed by atoms with van der Waals surface area (Å²) >= 11 is 1.47. The van der Waals surface area contributed by atoms with Crippen LogP contribution in [0, 0.1) is 0 Å². The maximum absolute atomic E-state index is 12.6. The summed E-state index contributed by atoms with van der Waals surface area (Å²) in [5.74, 6) is -0.435. The van der Waals surface area contributed by atoms with Gasteiger partial charge in [0.2, 0.25) is 5.91 Å². The molecule has 0 unspecified atom stereocenters. The lowest BCUT2D eigenvalue weighted by atomic mass is 10.2. The lowest BCUT2D eigenvalue weighted by molar-refractivity contribution is -0.138. The van der Waals surface area contributed by atoms with Gasteiger partial charge >= 0.3 is 6.18 Å². The van der Waals surface area contributed by atoms with Crippen LogP contribution in [0.1, 0.15) is 10.4 Å². The van der Waals surface area contributed by atoms with Gasteiger partial charge in [0.25, 0.3) is 5.56 Å². The first kappa shape index (κ1) is 16.3. The topological polar surface area (TPSA) is 42.3 Å². The number of nitrogens with zero attached hydrogens (tertiary/aromatic N) is 2. The molecule has 0 saturated carbocycles. The van der Waals surface area contributed by atoms with E-state index in [0.29, 0.717) is 18.8 Å². The van der Waals surface area contributed by atoms with Crippen LogP contribution in [0.15, 0.2) is 40.6 Å². The number of amides is 1. The highest BCUT2D eigenvalue weighted by Gasteiger charge is 2.31. The van der Waals surface area contributed by atoms with E-state index in [1.54, 1.807) is 7.05 Å². The van der Waals surface area contributed by atoms with Gasteiger partial charge in [0.15, 0.2) is 0 Å². The predicted molar refractivity (Wildman–Crippen MR) is 76.5 cm³/mol. The zero-order valence-electron chi connectivity index (χ0n) is 11.6. The summed E-state index contributed by atoms with van der Waals surface area (Å²) in [6.45, 7) is -0.0746. The summed E-state index contributed by atoms with van der Waals surface area (Å²) in [5, 5.41) is 1.87. The van der Waals surface area contributed by atoms with Crippen LogP contribution in [-0.4, -0.2) is 22.4 Å². The molecule has 0 aliphatic heterocycles. The maximum atomic E-state index is 12.6. The summed E-state index contributed by atoms with van der Waals surface area (Å²) < 4.78 is 38.7. The quantitative estimate of drug-likeness (QED) is 0.865.